The molecule has 19 heavy (non-hydrogen) atoms. The van der Waals surface area contributed by atoms with Crippen molar-refractivity contribution in [1.29, 1.82) is 5.26 Å². The van der Waals surface area contributed by atoms with Crippen LogP contribution >= 0.6 is 0 Å². The molecular weight excluding hydrogens is 242 g/mol. The Bertz CT molecular complexity index is 441. The van der Waals surface area contributed by atoms with Crippen LogP contribution in [0.25, 0.3) is 0 Å². The van der Waals surface area contributed by atoms with E-state index in [0.29, 0.717) is 30.9 Å². The lowest BCUT2D eigenvalue weighted by Gasteiger charge is -2.16. The lowest BCUT2D eigenvalue weighted by atomic mass is 10.1. The normalized spacial score (nSPS) is 12.2. The fraction of sp³-hybridized carbons (Fsp3) is 0.500. The summed E-state index contributed by atoms with van der Waals surface area (Å²) in [5.74, 6) is 0.582. The van der Waals surface area contributed by atoms with Gasteiger partial charge in [0.25, 0.3) is 0 Å². The molecule has 0 fully saturated rings. The molecule has 0 aliphatic carbocycles. The molecule has 104 valence electrons. The molecule has 0 saturated heterocycles. The van der Waals surface area contributed by atoms with E-state index in [4.69, 9.17) is 10.00 Å². The molecule has 0 aliphatic heterocycles. The SMILES string of the molecule is COc1ccc(CNCC(O)CN(C)C)cc1C#N. The van der Waals surface area contributed by atoms with Gasteiger partial charge in [-0.1, -0.05) is 6.07 Å². The van der Waals surface area contributed by atoms with E-state index in [9.17, 15) is 5.11 Å². The number of hydrogen-bond acceptors (Lipinski definition) is 5. The van der Waals surface area contributed by atoms with Crippen LogP contribution in [0.3, 0.4) is 0 Å². The lowest BCUT2D eigenvalue weighted by Crippen LogP contribution is -2.34. The van der Waals surface area contributed by atoms with Gasteiger partial charge in [0.15, 0.2) is 0 Å². The minimum absolute atomic E-state index is 0.399. The zero-order valence-electron chi connectivity index (χ0n) is 11.7. The zero-order valence-corrected chi connectivity index (χ0v) is 11.7. The van der Waals surface area contributed by atoms with E-state index in [0.717, 1.165) is 5.56 Å². The molecule has 0 heterocycles. The maximum absolute atomic E-state index is 9.70. The third-order valence-electron chi connectivity index (χ3n) is 2.67. The maximum Gasteiger partial charge on any atom is 0.136 e. The van der Waals surface area contributed by atoms with E-state index in [1.54, 1.807) is 19.2 Å². The van der Waals surface area contributed by atoms with Gasteiger partial charge in [-0.2, -0.15) is 5.26 Å². The van der Waals surface area contributed by atoms with Crippen LogP contribution in [0, 0.1) is 11.3 Å². The molecule has 1 aromatic carbocycles. The molecule has 0 aliphatic rings. The predicted octanol–water partition coefficient (Wildman–Crippen LogP) is 0.579. The number of ether oxygens (including phenoxy) is 1. The number of nitrogens with zero attached hydrogens (tertiary/aromatic N) is 2. The van der Waals surface area contributed by atoms with Gasteiger partial charge in [-0.25, -0.2) is 0 Å². The number of likely N-dealkylation sites (N-methyl/N-ethyl adjacent to an activating group) is 1. The highest BCUT2D eigenvalue weighted by atomic mass is 16.5. The number of nitrogens with one attached hydrogen (secondary N) is 1. The third-order valence-corrected chi connectivity index (χ3v) is 2.67. The largest absolute Gasteiger partial charge is 0.495 e. The number of aliphatic hydroxyl groups is 1. The fourth-order valence-electron chi connectivity index (χ4n) is 1.82. The first-order valence-corrected chi connectivity index (χ1v) is 6.17. The van der Waals surface area contributed by atoms with E-state index in [2.05, 4.69) is 11.4 Å². The van der Waals surface area contributed by atoms with Crippen molar-refractivity contribution >= 4 is 0 Å². The number of methoxy groups -OCH3 is 1. The minimum atomic E-state index is -0.399. The Morgan fingerprint density at radius 1 is 1.47 bits per heavy atom. The molecule has 5 nitrogen and oxygen atoms in total. The number of aliphatic hydroxyl groups excluding tert-OH is 1. The Labute approximate surface area is 114 Å². The average Bonchev–Trinajstić information content (AvgIpc) is 2.37. The maximum atomic E-state index is 9.70. The summed E-state index contributed by atoms with van der Waals surface area (Å²) in [5, 5.41) is 21.9. The molecule has 1 unspecified atom stereocenters. The Morgan fingerprint density at radius 2 is 2.21 bits per heavy atom. The quantitative estimate of drug-likeness (QED) is 0.753. The first-order chi connectivity index (χ1) is 9.06. The summed E-state index contributed by atoms with van der Waals surface area (Å²) in [5.41, 5.74) is 1.52. The lowest BCUT2D eigenvalue weighted by molar-refractivity contribution is 0.134. The molecule has 0 bridgehead atoms. The van der Waals surface area contributed by atoms with Crippen molar-refractivity contribution in [3.8, 4) is 11.8 Å². The highest BCUT2D eigenvalue weighted by Gasteiger charge is 2.06. The van der Waals surface area contributed by atoms with Crippen LogP contribution < -0.4 is 10.1 Å². The van der Waals surface area contributed by atoms with Crippen molar-refractivity contribution < 1.29 is 9.84 Å². The summed E-state index contributed by atoms with van der Waals surface area (Å²) < 4.78 is 5.09. The first kappa shape index (κ1) is 15.4. The molecule has 0 amide bonds. The zero-order chi connectivity index (χ0) is 14.3. The van der Waals surface area contributed by atoms with Crippen LogP contribution in [0.15, 0.2) is 18.2 Å². The highest BCUT2D eigenvalue weighted by Crippen LogP contribution is 2.18. The third kappa shape index (κ3) is 5.26. The van der Waals surface area contributed by atoms with E-state index in [1.165, 1.54) is 0 Å². The van der Waals surface area contributed by atoms with Crippen LogP contribution in [0.1, 0.15) is 11.1 Å². The highest BCUT2D eigenvalue weighted by molar-refractivity contribution is 5.45. The van der Waals surface area contributed by atoms with E-state index in [1.807, 2.05) is 25.1 Å². The number of rotatable bonds is 7. The molecule has 0 aromatic heterocycles. The molecule has 0 spiro atoms. The van der Waals surface area contributed by atoms with E-state index < -0.39 is 6.10 Å². The summed E-state index contributed by atoms with van der Waals surface area (Å²) in [6.45, 7) is 1.76. The van der Waals surface area contributed by atoms with Crippen LogP contribution in [-0.2, 0) is 6.54 Å². The topological polar surface area (TPSA) is 68.5 Å². The molecule has 1 aromatic rings. The number of benzene rings is 1. The van der Waals surface area contributed by atoms with Gasteiger partial charge < -0.3 is 20.1 Å². The van der Waals surface area contributed by atoms with Crippen molar-refractivity contribution in [1.82, 2.24) is 10.2 Å². The van der Waals surface area contributed by atoms with Crippen molar-refractivity contribution in [3.63, 3.8) is 0 Å². The molecular formula is C14H21N3O2. The van der Waals surface area contributed by atoms with Crippen molar-refractivity contribution in [3.05, 3.63) is 29.3 Å². The standard InChI is InChI=1S/C14H21N3O2/c1-17(2)10-13(18)9-16-8-11-4-5-14(19-3)12(6-11)7-15/h4-6,13,16,18H,8-10H2,1-3H3. The fourth-order valence-corrected chi connectivity index (χ4v) is 1.82. The van der Waals surface area contributed by atoms with E-state index in [-0.39, 0.29) is 0 Å². The summed E-state index contributed by atoms with van der Waals surface area (Å²) in [4.78, 5) is 1.94. The van der Waals surface area contributed by atoms with Gasteiger partial charge in [0.05, 0.1) is 18.8 Å². The molecule has 1 atom stereocenters. The van der Waals surface area contributed by atoms with Gasteiger partial charge >= 0.3 is 0 Å². The Balaban J connectivity index is 2.48. The van der Waals surface area contributed by atoms with Crippen molar-refractivity contribution in [2.45, 2.75) is 12.6 Å². The Morgan fingerprint density at radius 3 is 2.79 bits per heavy atom. The molecule has 1 rings (SSSR count). The summed E-state index contributed by atoms with van der Waals surface area (Å²) in [7, 11) is 5.39. The second-order valence-corrected chi connectivity index (χ2v) is 4.69. The molecule has 5 heteroatoms. The van der Waals surface area contributed by atoms with Gasteiger partial charge in [0, 0.05) is 19.6 Å². The summed E-state index contributed by atoms with van der Waals surface area (Å²) >= 11 is 0. The van der Waals surface area contributed by atoms with Gasteiger partial charge in [-0.15, -0.1) is 0 Å². The molecule has 0 saturated carbocycles. The van der Waals surface area contributed by atoms with Crippen LogP contribution in [0.4, 0.5) is 0 Å². The van der Waals surface area contributed by atoms with Gasteiger partial charge in [-0.3, -0.25) is 0 Å². The van der Waals surface area contributed by atoms with Crippen molar-refractivity contribution in [2.75, 3.05) is 34.3 Å². The molecule has 2 N–H and O–H groups in total. The monoisotopic (exact) mass is 263 g/mol. The second kappa shape index (κ2) is 7.74. The first-order valence-electron chi connectivity index (χ1n) is 6.17. The summed E-state index contributed by atoms with van der Waals surface area (Å²) in [6, 6.07) is 7.59. The smallest absolute Gasteiger partial charge is 0.136 e. The van der Waals surface area contributed by atoms with Crippen LogP contribution in [-0.4, -0.2) is 50.4 Å². The van der Waals surface area contributed by atoms with Crippen molar-refractivity contribution in [2.24, 2.45) is 0 Å². The predicted molar refractivity (Wildman–Crippen MR) is 74.0 cm³/mol. The Hall–Kier alpha value is -1.61. The Kier molecular flexibility index (Phi) is 6.30. The minimum Gasteiger partial charge on any atom is -0.495 e. The van der Waals surface area contributed by atoms with Gasteiger partial charge in [0.1, 0.15) is 11.8 Å². The second-order valence-electron chi connectivity index (χ2n) is 4.69. The van der Waals surface area contributed by atoms with Crippen LogP contribution in [0.2, 0.25) is 0 Å². The number of nitriles is 1. The number of hydrogen-bond donors (Lipinski definition) is 2. The van der Waals surface area contributed by atoms with E-state index >= 15 is 0 Å². The summed E-state index contributed by atoms with van der Waals surface area (Å²) in [6.07, 6.45) is -0.399. The van der Waals surface area contributed by atoms with Gasteiger partial charge in [-0.05, 0) is 31.8 Å². The van der Waals surface area contributed by atoms with Crippen LogP contribution in [0.5, 0.6) is 5.75 Å². The molecule has 0 radical (unpaired) electrons. The average molecular weight is 263 g/mol. The van der Waals surface area contributed by atoms with Gasteiger partial charge in [0.2, 0.25) is 0 Å².